The summed E-state index contributed by atoms with van der Waals surface area (Å²) in [6, 6.07) is 6.59. The van der Waals surface area contributed by atoms with Crippen molar-refractivity contribution in [3.05, 3.63) is 51.3 Å². The number of hydrogen-bond acceptors (Lipinski definition) is 4. The highest BCUT2D eigenvalue weighted by Crippen LogP contribution is 2.40. The van der Waals surface area contributed by atoms with Gasteiger partial charge in [0.1, 0.15) is 0 Å². The van der Waals surface area contributed by atoms with Gasteiger partial charge in [0.25, 0.3) is 0 Å². The summed E-state index contributed by atoms with van der Waals surface area (Å²) in [5.74, 6) is 0.252. The van der Waals surface area contributed by atoms with Crippen molar-refractivity contribution in [3.63, 3.8) is 0 Å². The lowest BCUT2D eigenvalue weighted by atomic mass is 9.81. The fraction of sp³-hybridized carbons (Fsp3) is 0.474. The first-order chi connectivity index (χ1) is 11.0. The number of aryl methyl sites for hydroxylation is 1. The van der Waals surface area contributed by atoms with Crippen molar-refractivity contribution in [2.45, 2.75) is 39.2 Å². The Morgan fingerprint density at radius 1 is 1.39 bits per heavy atom. The molecule has 0 bridgehead atoms. The number of nitrogens with one attached hydrogen (secondary N) is 1. The Balaban J connectivity index is 2.52. The normalized spacial score (nSPS) is 22.3. The van der Waals surface area contributed by atoms with Crippen LogP contribution in [0.3, 0.4) is 0 Å². The van der Waals surface area contributed by atoms with Gasteiger partial charge in [-0.1, -0.05) is 36.0 Å². The van der Waals surface area contributed by atoms with Crippen LogP contribution >= 0.6 is 11.8 Å². The van der Waals surface area contributed by atoms with Gasteiger partial charge < -0.3 is 15.2 Å². The van der Waals surface area contributed by atoms with Crippen molar-refractivity contribution in [3.8, 4) is 0 Å². The molecule has 1 aromatic rings. The van der Waals surface area contributed by atoms with Crippen molar-refractivity contribution in [2.75, 3.05) is 20.3 Å². The van der Waals surface area contributed by atoms with Crippen LogP contribution in [0, 0.1) is 6.92 Å². The van der Waals surface area contributed by atoms with Gasteiger partial charge in [-0.2, -0.15) is 0 Å². The maximum Gasteiger partial charge on any atom is 0.0638 e. The van der Waals surface area contributed by atoms with Crippen LogP contribution in [0.1, 0.15) is 42.9 Å². The molecule has 2 unspecified atom stereocenters. The molecule has 126 valence electrons. The molecule has 0 spiro atoms. The molecule has 1 aliphatic heterocycles. The smallest absolute Gasteiger partial charge is 0.0638 e. The number of thioether (sulfide) groups is 1. The van der Waals surface area contributed by atoms with E-state index in [9.17, 15) is 5.11 Å². The lowest BCUT2D eigenvalue weighted by Crippen LogP contribution is -2.42. The van der Waals surface area contributed by atoms with Crippen molar-refractivity contribution >= 4 is 17.5 Å². The third-order valence-corrected chi connectivity index (χ3v) is 5.06. The number of allylic oxidation sites excluding steroid dienone is 2. The highest BCUT2D eigenvalue weighted by molar-refractivity contribution is 8.06. The van der Waals surface area contributed by atoms with Crippen LogP contribution in [0.4, 0.5) is 0 Å². The predicted molar refractivity (Wildman–Crippen MR) is 99.4 cm³/mol. The Morgan fingerprint density at radius 3 is 2.74 bits per heavy atom. The molecule has 23 heavy (non-hydrogen) atoms. The molecule has 4 heteroatoms. The van der Waals surface area contributed by atoms with Gasteiger partial charge in [0.05, 0.1) is 18.3 Å². The second-order valence-electron chi connectivity index (χ2n) is 6.15. The molecule has 0 fully saturated rings. The summed E-state index contributed by atoms with van der Waals surface area (Å²) in [5.41, 5.74) is 4.89. The summed E-state index contributed by atoms with van der Waals surface area (Å²) in [5, 5.41) is 13.4. The zero-order valence-electron chi connectivity index (χ0n) is 14.5. The Kier molecular flexibility index (Phi) is 6.33. The van der Waals surface area contributed by atoms with Crippen molar-refractivity contribution in [2.24, 2.45) is 0 Å². The fourth-order valence-electron chi connectivity index (χ4n) is 3.17. The van der Waals surface area contributed by atoms with Crippen molar-refractivity contribution in [1.29, 1.82) is 0 Å². The highest BCUT2D eigenvalue weighted by Gasteiger charge is 2.31. The number of hydrogen-bond donors (Lipinski definition) is 2. The first kappa shape index (κ1) is 18.1. The largest absolute Gasteiger partial charge is 0.394 e. The molecule has 0 saturated heterocycles. The lowest BCUT2D eigenvalue weighted by Gasteiger charge is -2.37. The average Bonchev–Trinajstić information content (AvgIpc) is 2.51. The SMILES string of the molecule is C=C(C)S/C(C)=C1/NC(CO)C(CCOC)c2ccc(C)cc21. The second-order valence-corrected chi connectivity index (χ2v) is 7.66. The number of fused-ring (bicyclic) bond motifs is 1. The van der Waals surface area contributed by atoms with Crippen LogP contribution in [-0.4, -0.2) is 31.5 Å². The molecule has 0 radical (unpaired) electrons. The molecule has 0 aliphatic carbocycles. The Bertz CT molecular complexity index is 609. The monoisotopic (exact) mass is 333 g/mol. The fourth-order valence-corrected chi connectivity index (χ4v) is 3.96. The Hall–Kier alpha value is -1.23. The minimum Gasteiger partial charge on any atom is -0.394 e. The van der Waals surface area contributed by atoms with Gasteiger partial charge in [0.15, 0.2) is 0 Å². The van der Waals surface area contributed by atoms with E-state index in [2.05, 4.69) is 43.9 Å². The van der Waals surface area contributed by atoms with E-state index in [1.165, 1.54) is 21.6 Å². The molecule has 2 atom stereocenters. The van der Waals surface area contributed by atoms with Crippen LogP contribution < -0.4 is 5.32 Å². The van der Waals surface area contributed by atoms with E-state index in [1.54, 1.807) is 18.9 Å². The summed E-state index contributed by atoms with van der Waals surface area (Å²) >= 11 is 1.68. The van der Waals surface area contributed by atoms with Crippen molar-refractivity contribution in [1.82, 2.24) is 5.32 Å². The molecule has 0 saturated carbocycles. The van der Waals surface area contributed by atoms with E-state index in [4.69, 9.17) is 4.74 Å². The summed E-state index contributed by atoms with van der Waals surface area (Å²) in [4.78, 5) is 2.25. The zero-order chi connectivity index (χ0) is 17.0. The minimum absolute atomic E-state index is 0.0102. The summed E-state index contributed by atoms with van der Waals surface area (Å²) in [6.45, 7) is 11.0. The number of ether oxygens (including phenoxy) is 1. The van der Waals surface area contributed by atoms with Gasteiger partial charge in [-0.25, -0.2) is 0 Å². The molecular formula is C19H27NO2S. The molecular weight excluding hydrogens is 306 g/mol. The number of benzene rings is 1. The number of aliphatic hydroxyl groups is 1. The standard InChI is InChI=1S/C19H27NO2S/c1-12(2)23-14(4)19-17-10-13(3)6-7-15(17)16(8-9-22-5)18(11-21)20-19/h6-7,10,16,18,20-21H,1,8-9,11H2,2-5H3/b19-14+. The molecule has 3 nitrogen and oxygen atoms in total. The van der Waals surface area contributed by atoms with Crippen LogP contribution in [0.25, 0.3) is 5.70 Å². The van der Waals surface area contributed by atoms with E-state index >= 15 is 0 Å². The topological polar surface area (TPSA) is 41.5 Å². The van der Waals surface area contributed by atoms with E-state index in [0.29, 0.717) is 6.61 Å². The Morgan fingerprint density at radius 2 is 2.13 bits per heavy atom. The molecule has 0 amide bonds. The zero-order valence-corrected chi connectivity index (χ0v) is 15.3. The van der Waals surface area contributed by atoms with Crippen LogP contribution in [-0.2, 0) is 4.74 Å². The first-order valence-corrected chi connectivity index (χ1v) is 8.81. The van der Waals surface area contributed by atoms with Crippen LogP contribution in [0.5, 0.6) is 0 Å². The molecule has 1 aromatic carbocycles. The molecule has 0 aromatic heterocycles. The maximum atomic E-state index is 9.87. The quantitative estimate of drug-likeness (QED) is 0.824. The number of aliphatic hydroxyl groups excluding tert-OH is 1. The summed E-state index contributed by atoms with van der Waals surface area (Å²) in [7, 11) is 1.72. The van der Waals surface area contributed by atoms with Crippen LogP contribution in [0.15, 0.2) is 34.6 Å². The molecule has 2 N–H and O–H groups in total. The highest BCUT2D eigenvalue weighted by atomic mass is 32.2. The van der Waals surface area contributed by atoms with Gasteiger partial charge in [0.2, 0.25) is 0 Å². The van der Waals surface area contributed by atoms with E-state index in [1.807, 2.05) is 6.92 Å². The third-order valence-electron chi connectivity index (χ3n) is 4.20. The van der Waals surface area contributed by atoms with E-state index in [-0.39, 0.29) is 18.6 Å². The van der Waals surface area contributed by atoms with Gasteiger partial charge in [-0.3, -0.25) is 0 Å². The van der Waals surface area contributed by atoms with Gasteiger partial charge in [0, 0.05) is 30.1 Å². The number of rotatable bonds is 6. The van der Waals surface area contributed by atoms with Crippen LogP contribution in [0.2, 0.25) is 0 Å². The van der Waals surface area contributed by atoms with Crippen molar-refractivity contribution < 1.29 is 9.84 Å². The third kappa shape index (κ3) is 4.19. The lowest BCUT2D eigenvalue weighted by molar-refractivity contribution is 0.167. The minimum atomic E-state index is 0.0102. The average molecular weight is 333 g/mol. The van der Waals surface area contributed by atoms with E-state index < -0.39 is 0 Å². The molecule has 2 rings (SSSR count). The first-order valence-electron chi connectivity index (χ1n) is 7.99. The second kappa shape index (κ2) is 8.04. The van der Waals surface area contributed by atoms with Gasteiger partial charge in [-0.05, 0) is 43.7 Å². The maximum absolute atomic E-state index is 9.87. The number of methoxy groups -OCH3 is 1. The summed E-state index contributed by atoms with van der Waals surface area (Å²) in [6.07, 6.45) is 0.894. The molecule has 1 heterocycles. The molecule has 1 aliphatic rings. The predicted octanol–water partition coefficient (Wildman–Crippen LogP) is 4.03. The summed E-state index contributed by atoms with van der Waals surface area (Å²) < 4.78 is 5.27. The Labute approximate surface area is 143 Å². The van der Waals surface area contributed by atoms with Gasteiger partial charge >= 0.3 is 0 Å². The van der Waals surface area contributed by atoms with Gasteiger partial charge in [-0.15, -0.1) is 0 Å². The van der Waals surface area contributed by atoms with E-state index in [0.717, 1.165) is 17.0 Å².